The van der Waals surface area contributed by atoms with E-state index >= 15 is 0 Å². The van der Waals surface area contributed by atoms with Crippen LogP contribution in [-0.2, 0) is 4.74 Å². The summed E-state index contributed by atoms with van der Waals surface area (Å²) in [6, 6.07) is 14.2. The molecule has 0 radical (unpaired) electrons. The zero-order valence-corrected chi connectivity index (χ0v) is 18.4. The Kier molecular flexibility index (Phi) is 7.33. The third-order valence-corrected chi connectivity index (χ3v) is 6.16. The van der Waals surface area contributed by atoms with Gasteiger partial charge in [-0.05, 0) is 65.6 Å². The number of hydrogen-bond acceptors (Lipinski definition) is 2. The maximum atomic E-state index is 14.8. The monoisotopic (exact) mass is 458 g/mol. The maximum absolute atomic E-state index is 14.8. The van der Waals surface area contributed by atoms with Gasteiger partial charge in [0.1, 0.15) is 5.82 Å². The van der Waals surface area contributed by atoms with E-state index in [0.29, 0.717) is 11.5 Å². The highest BCUT2D eigenvalue weighted by molar-refractivity contribution is 5.71. The van der Waals surface area contributed by atoms with Crippen LogP contribution in [0.1, 0.15) is 44.3 Å². The molecule has 174 valence electrons. The lowest BCUT2D eigenvalue weighted by molar-refractivity contribution is -0.0194. The van der Waals surface area contributed by atoms with Gasteiger partial charge in [-0.25, -0.2) is 17.6 Å². The summed E-state index contributed by atoms with van der Waals surface area (Å²) < 4.78 is 65.6. The van der Waals surface area contributed by atoms with Crippen molar-refractivity contribution in [2.75, 3.05) is 13.5 Å². The first-order valence-corrected chi connectivity index (χ1v) is 11.2. The SMILES string of the molecule is CCCC1CCC(c2ccc(-c3ccc(-c4cc(F)c(OCF)c(F)c4)c(F)c3)cc2)OC1. The van der Waals surface area contributed by atoms with E-state index in [0.717, 1.165) is 42.7 Å². The average Bonchev–Trinajstić information content (AvgIpc) is 2.82. The molecule has 1 saturated heterocycles. The largest absolute Gasteiger partial charge is 0.457 e. The molecule has 1 fully saturated rings. The Bertz CT molecular complexity index is 1070. The molecule has 0 saturated carbocycles. The van der Waals surface area contributed by atoms with E-state index in [4.69, 9.17) is 4.74 Å². The van der Waals surface area contributed by atoms with Crippen LogP contribution in [0.3, 0.4) is 0 Å². The normalized spacial score (nSPS) is 18.3. The van der Waals surface area contributed by atoms with Crippen molar-refractivity contribution in [1.29, 1.82) is 0 Å². The van der Waals surface area contributed by atoms with Gasteiger partial charge < -0.3 is 9.47 Å². The van der Waals surface area contributed by atoms with Gasteiger partial charge >= 0.3 is 0 Å². The van der Waals surface area contributed by atoms with E-state index in [1.54, 1.807) is 6.07 Å². The summed E-state index contributed by atoms with van der Waals surface area (Å²) in [5.41, 5.74) is 2.62. The molecule has 3 aromatic carbocycles. The molecule has 1 heterocycles. The van der Waals surface area contributed by atoms with Gasteiger partial charge in [0.25, 0.3) is 0 Å². The Morgan fingerprint density at radius 3 is 2.09 bits per heavy atom. The fraction of sp³-hybridized carbons (Fsp3) is 0.333. The van der Waals surface area contributed by atoms with Crippen molar-refractivity contribution >= 4 is 0 Å². The topological polar surface area (TPSA) is 18.5 Å². The van der Waals surface area contributed by atoms with Crippen LogP contribution in [0.25, 0.3) is 22.3 Å². The van der Waals surface area contributed by atoms with Crippen LogP contribution >= 0.6 is 0 Å². The highest BCUT2D eigenvalue weighted by Gasteiger charge is 2.22. The van der Waals surface area contributed by atoms with Gasteiger partial charge in [-0.3, -0.25) is 0 Å². The second-order valence-electron chi connectivity index (χ2n) is 8.39. The van der Waals surface area contributed by atoms with E-state index in [1.165, 1.54) is 25.0 Å². The fourth-order valence-electron chi connectivity index (χ4n) is 4.43. The van der Waals surface area contributed by atoms with Crippen LogP contribution in [-0.4, -0.2) is 13.5 Å². The standard InChI is InChI=1S/C27H26F4O2/c1-2-3-17-4-11-26(32-15-17)19-7-5-18(6-8-19)20-9-10-22(23(29)12-20)21-13-24(30)27(33-16-28)25(31)14-21/h5-10,12-14,17,26H,2-4,11,15-16H2,1H3. The number of halogens is 4. The number of benzene rings is 3. The summed E-state index contributed by atoms with van der Waals surface area (Å²) in [6.45, 7) is 1.62. The molecule has 1 aliphatic heterocycles. The van der Waals surface area contributed by atoms with Crippen LogP contribution in [0.4, 0.5) is 17.6 Å². The summed E-state index contributed by atoms with van der Waals surface area (Å²) in [5, 5.41) is 0. The number of rotatable bonds is 7. The molecule has 4 rings (SSSR count). The molecule has 33 heavy (non-hydrogen) atoms. The van der Waals surface area contributed by atoms with Gasteiger partial charge in [0, 0.05) is 5.56 Å². The molecule has 0 aliphatic carbocycles. The van der Waals surface area contributed by atoms with Crippen LogP contribution in [0.15, 0.2) is 54.6 Å². The summed E-state index contributed by atoms with van der Waals surface area (Å²) in [6.07, 6.45) is 4.61. The third kappa shape index (κ3) is 5.22. The van der Waals surface area contributed by atoms with Crippen molar-refractivity contribution in [3.05, 3.63) is 77.6 Å². The first-order chi connectivity index (χ1) is 16.0. The van der Waals surface area contributed by atoms with E-state index in [1.807, 2.05) is 24.3 Å². The Hall–Kier alpha value is -2.86. The summed E-state index contributed by atoms with van der Waals surface area (Å²) in [7, 11) is 0. The number of alkyl halides is 1. The fourth-order valence-corrected chi connectivity index (χ4v) is 4.43. The smallest absolute Gasteiger partial charge is 0.228 e. The second kappa shape index (κ2) is 10.4. The second-order valence-corrected chi connectivity index (χ2v) is 8.39. The van der Waals surface area contributed by atoms with Gasteiger partial charge in [-0.15, -0.1) is 0 Å². The first-order valence-electron chi connectivity index (χ1n) is 11.2. The summed E-state index contributed by atoms with van der Waals surface area (Å²) >= 11 is 0. The van der Waals surface area contributed by atoms with E-state index in [-0.39, 0.29) is 17.2 Å². The van der Waals surface area contributed by atoms with Crippen molar-refractivity contribution in [3.8, 4) is 28.0 Å². The molecule has 2 unspecified atom stereocenters. The Morgan fingerprint density at radius 2 is 1.52 bits per heavy atom. The number of ether oxygens (including phenoxy) is 2. The van der Waals surface area contributed by atoms with Crippen molar-refractivity contribution < 1.29 is 27.0 Å². The molecule has 2 atom stereocenters. The molecule has 0 bridgehead atoms. The van der Waals surface area contributed by atoms with E-state index in [2.05, 4.69) is 11.7 Å². The minimum absolute atomic E-state index is 0.00595. The first kappa shape index (κ1) is 23.3. The molecule has 1 aliphatic rings. The van der Waals surface area contributed by atoms with E-state index < -0.39 is 30.1 Å². The van der Waals surface area contributed by atoms with Gasteiger partial charge in [-0.1, -0.05) is 49.7 Å². The molecular weight excluding hydrogens is 432 g/mol. The van der Waals surface area contributed by atoms with Crippen molar-refractivity contribution in [2.24, 2.45) is 5.92 Å². The minimum Gasteiger partial charge on any atom is -0.457 e. The molecule has 0 amide bonds. The molecule has 0 N–H and O–H groups in total. The highest BCUT2D eigenvalue weighted by atomic mass is 19.1. The lowest BCUT2D eigenvalue weighted by Gasteiger charge is -2.29. The minimum atomic E-state index is -1.36. The van der Waals surface area contributed by atoms with Crippen LogP contribution < -0.4 is 4.74 Å². The summed E-state index contributed by atoms with van der Waals surface area (Å²) in [5.74, 6) is -2.98. The Balaban J connectivity index is 1.50. The van der Waals surface area contributed by atoms with Crippen LogP contribution in [0.5, 0.6) is 5.75 Å². The predicted molar refractivity (Wildman–Crippen MR) is 120 cm³/mol. The van der Waals surface area contributed by atoms with Crippen molar-refractivity contribution in [3.63, 3.8) is 0 Å². The lowest BCUT2D eigenvalue weighted by Crippen LogP contribution is -2.20. The van der Waals surface area contributed by atoms with Gasteiger partial charge in [-0.2, -0.15) is 0 Å². The average molecular weight is 458 g/mol. The maximum Gasteiger partial charge on any atom is 0.228 e. The molecule has 6 heteroatoms. The number of hydrogen-bond donors (Lipinski definition) is 0. The molecular formula is C27H26F4O2. The molecule has 3 aromatic rings. The van der Waals surface area contributed by atoms with Crippen molar-refractivity contribution in [1.82, 2.24) is 0 Å². The predicted octanol–water partition coefficient (Wildman–Crippen LogP) is 8.01. The zero-order chi connectivity index (χ0) is 23.4. The Labute approximate surface area is 191 Å². The Morgan fingerprint density at radius 1 is 0.848 bits per heavy atom. The molecule has 0 aromatic heterocycles. The third-order valence-electron chi connectivity index (χ3n) is 6.16. The van der Waals surface area contributed by atoms with Crippen LogP contribution in [0, 0.1) is 23.4 Å². The van der Waals surface area contributed by atoms with Crippen molar-refractivity contribution in [2.45, 2.75) is 38.7 Å². The zero-order valence-electron chi connectivity index (χ0n) is 18.4. The van der Waals surface area contributed by atoms with Gasteiger partial charge in [0.05, 0.1) is 12.7 Å². The van der Waals surface area contributed by atoms with Gasteiger partial charge in [0.2, 0.25) is 6.86 Å². The van der Waals surface area contributed by atoms with E-state index in [9.17, 15) is 17.6 Å². The van der Waals surface area contributed by atoms with Gasteiger partial charge in [0.15, 0.2) is 17.4 Å². The van der Waals surface area contributed by atoms with Crippen LogP contribution in [0.2, 0.25) is 0 Å². The quantitative estimate of drug-likeness (QED) is 0.334. The molecule has 0 spiro atoms. The summed E-state index contributed by atoms with van der Waals surface area (Å²) in [4.78, 5) is 0. The lowest BCUT2D eigenvalue weighted by atomic mass is 9.91. The highest BCUT2D eigenvalue weighted by Crippen LogP contribution is 2.35. The molecule has 2 nitrogen and oxygen atoms in total.